The van der Waals surface area contributed by atoms with Crippen LogP contribution in [0.5, 0.6) is 11.5 Å². The van der Waals surface area contributed by atoms with E-state index >= 15 is 0 Å². The number of anilines is 1. The fraction of sp³-hybridized carbons (Fsp3) is 0.278. The number of aryl methyl sites for hydroxylation is 1. The van der Waals surface area contributed by atoms with Crippen molar-refractivity contribution in [3.05, 3.63) is 48.0 Å². The molecule has 0 aliphatic carbocycles. The highest BCUT2D eigenvalue weighted by Crippen LogP contribution is 2.28. The minimum absolute atomic E-state index is 0.0514. The van der Waals surface area contributed by atoms with E-state index in [1.54, 1.807) is 37.3 Å². The van der Waals surface area contributed by atoms with Crippen LogP contribution in [0.4, 0.5) is 5.69 Å². The highest BCUT2D eigenvalue weighted by atomic mass is 32.2. The molecule has 140 valence electrons. The monoisotopic (exact) mass is 379 g/mol. The van der Waals surface area contributed by atoms with E-state index in [1.165, 1.54) is 33.5 Å². The Kier molecular flexibility index (Phi) is 6.10. The summed E-state index contributed by atoms with van der Waals surface area (Å²) < 4.78 is 42.2. The summed E-state index contributed by atoms with van der Waals surface area (Å²) in [6, 6.07) is 10.9. The van der Waals surface area contributed by atoms with E-state index in [-0.39, 0.29) is 4.90 Å². The van der Waals surface area contributed by atoms with Crippen LogP contribution in [-0.2, 0) is 19.6 Å². The lowest BCUT2D eigenvalue weighted by Gasteiger charge is -2.24. The molecule has 7 nitrogen and oxygen atoms in total. The molecule has 0 fully saturated rings. The minimum atomic E-state index is -3.99. The van der Waals surface area contributed by atoms with Gasteiger partial charge in [0.05, 0.1) is 31.9 Å². The van der Waals surface area contributed by atoms with Gasteiger partial charge in [0.1, 0.15) is 18.0 Å². The second-order valence-electron chi connectivity index (χ2n) is 5.42. The van der Waals surface area contributed by atoms with Crippen LogP contribution in [0.1, 0.15) is 5.56 Å². The van der Waals surface area contributed by atoms with E-state index < -0.39 is 22.5 Å². The number of sulfonamides is 1. The largest absolute Gasteiger partial charge is 0.497 e. The van der Waals surface area contributed by atoms with Crippen molar-refractivity contribution in [1.82, 2.24) is 0 Å². The fourth-order valence-corrected chi connectivity index (χ4v) is 3.88. The molecule has 2 aromatic rings. The Balaban J connectivity index is 2.51. The standard InChI is InChI=1S/C18H21NO6S/c1-13-11-16(9-10-17(13)24-3)26(21,22)19(12-18(20)25-4)14-5-7-15(23-2)8-6-14/h5-11H,12H2,1-4H3. The van der Waals surface area contributed by atoms with Crippen molar-refractivity contribution in [3.63, 3.8) is 0 Å². The predicted octanol–water partition coefficient (Wildman–Crippen LogP) is 2.38. The van der Waals surface area contributed by atoms with Crippen LogP contribution in [0.15, 0.2) is 47.4 Å². The first-order chi connectivity index (χ1) is 12.3. The van der Waals surface area contributed by atoms with Crippen molar-refractivity contribution >= 4 is 21.7 Å². The summed E-state index contributed by atoms with van der Waals surface area (Å²) in [6.45, 7) is 1.30. The second-order valence-corrected chi connectivity index (χ2v) is 7.28. The molecule has 0 unspecified atom stereocenters. The highest BCUT2D eigenvalue weighted by Gasteiger charge is 2.28. The average Bonchev–Trinajstić information content (AvgIpc) is 2.65. The number of hydrogen-bond donors (Lipinski definition) is 0. The van der Waals surface area contributed by atoms with Gasteiger partial charge in [-0.2, -0.15) is 0 Å². The number of rotatable bonds is 7. The van der Waals surface area contributed by atoms with Crippen molar-refractivity contribution in [1.29, 1.82) is 0 Å². The number of hydrogen-bond acceptors (Lipinski definition) is 6. The first-order valence-electron chi connectivity index (χ1n) is 7.71. The molecule has 0 amide bonds. The lowest BCUT2D eigenvalue weighted by atomic mass is 10.2. The number of carbonyl (C=O) groups excluding carboxylic acids is 1. The van der Waals surface area contributed by atoms with Crippen molar-refractivity contribution in [2.75, 3.05) is 32.2 Å². The van der Waals surface area contributed by atoms with Gasteiger partial charge in [-0.1, -0.05) is 0 Å². The molecule has 0 bridgehead atoms. The average molecular weight is 379 g/mol. The Labute approximate surface area is 153 Å². The molecule has 0 radical (unpaired) electrons. The van der Waals surface area contributed by atoms with Crippen LogP contribution in [0.2, 0.25) is 0 Å². The summed E-state index contributed by atoms with van der Waals surface area (Å²) in [7, 11) is 0.240. The molecule has 2 aromatic carbocycles. The van der Waals surface area contributed by atoms with Gasteiger partial charge in [-0.15, -0.1) is 0 Å². The minimum Gasteiger partial charge on any atom is -0.497 e. The lowest BCUT2D eigenvalue weighted by Crippen LogP contribution is -2.36. The Morgan fingerprint density at radius 3 is 2.15 bits per heavy atom. The third-order valence-corrected chi connectivity index (χ3v) is 5.58. The molecule has 0 heterocycles. The zero-order valence-corrected chi connectivity index (χ0v) is 15.9. The second kappa shape index (κ2) is 8.09. The molecule has 0 aliphatic rings. The molecule has 0 spiro atoms. The molecule has 0 saturated carbocycles. The van der Waals surface area contributed by atoms with Gasteiger partial charge in [-0.25, -0.2) is 8.42 Å². The quantitative estimate of drug-likeness (QED) is 0.687. The predicted molar refractivity (Wildman–Crippen MR) is 97.3 cm³/mol. The number of benzene rings is 2. The van der Waals surface area contributed by atoms with E-state index in [9.17, 15) is 13.2 Å². The van der Waals surface area contributed by atoms with Crippen LogP contribution in [0.25, 0.3) is 0 Å². The number of esters is 1. The third kappa shape index (κ3) is 4.08. The topological polar surface area (TPSA) is 82.1 Å². The first-order valence-corrected chi connectivity index (χ1v) is 9.15. The summed E-state index contributed by atoms with van der Waals surface area (Å²) in [5, 5.41) is 0. The molecular formula is C18H21NO6S. The third-order valence-electron chi connectivity index (χ3n) is 3.82. The maximum absolute atomic E-state index is 13.1. The Bertz CT molecular complexity index is 877. The van der Waals surface area contributed by atoms with Gasteiger partial charge < -0.3 is 14.2 Å². The van der Waals surface area contributed by atoms with E-state index in [0.717, 1.165) is 4.31 Å². The zero-order chi connectivity index (χ0) is 19.3. The van der Waals surface area contributed by atoms with E-state index in [4.69, 9.17) is 9.47 Å². The number of methoxy groups -OCH3 is 3. The molecule has 0 saturated heterocycles. The smallest absolute Gasteiger partial charge is 0.326 e. The van der Waals surface area contributed by atoms with E-state index in [1.807, 2.05) is 0 Å². The van der Waals surface area contributed by atoms with Crippen LogP contribution < -0.4 is 13.8 Å². The normalized spacial score (nSPS) is 10.9. The molecule has 2 rings (SSSR count). The van der Waals surface area contributed by atoms with Gasteiger partial charge in [0.2, 0.25) is 0 Å². The SMILES string of the molecule is COC(=O)CN(c1ccc(OC)cc1)S(=O)(=O)c1ccc(OC)c(C)c1. The first kappa shape index (κ1) is 19.6. The van der Waals surface area contributed by atoms with Gasteiger partial charge in [0, 0.05) is 0 Å². The maximum atomic E-state index is 13.1. The van der Waals surface area contributed by atoms with Crippen LogP contribution in [0.3, 0.4) is 0 Å². The molecule has 0 N–H and O–H groups in total. The summed E-state index contributed by atoms with van der Waals surface area (Å²) in [5.41, 5.74) is 0.992. The van der Waals surface area contributed by atoms with Crippen molar-refractivity contribution in [2.24, 2.45) is 0 Å². The van der Waals surface area contributed by atoms with Crippen LogP contribution in [0, 0.1) is 6.92 Å². The summed E-state index contributed by atoms with van der Waals surface area (Å²) in [6.07, 6.45) is 0. The van der Waals surface area contributed by atoms with Crippen LogP contribution in [-0.4, -0.2) is 42.3 Å². The molecule has 0 aliphatic heterocycles. The van der Waals surface area contributed by atoms with Crippen molar-refractivity contribution in [2.45, 2.75) is 11.8 Å². The van der Waals surface area contributed by atoms with E-state index in [2.05, 4.69) is 4.74 Å². The number of ether oxygens (including phenoxy) is 3. The van der Waals surface area contributed by atoms with Gasteiger partial charge in [-0.05, 0) is 55.0 Å². The lowest BCUT2D eigenvalue weighted by molar-refractivity contribution is -0.138. The number of nitrogens with zero attached hydrogens (tertiary/aromatic N) is 1. The van der Waals surface area contributed by atoms with E-state index in [0.29, 0.717) is 22.7 Å². The molecule has 8 heteroatoms. The van der Waals surface area contributed by atoms with Crippen LogP contribution >= 0.6 is 0 Å². The Morgan fingerprint density at radius 2 is 1.65 bits per heavy atom. The van der Waals surface area contributed by atoms with Gasteiger partial charge in [0.15, 0.2) is 0 Å². The zero-order valence-electron chi connectivity index (χ0n) is 15.1. The maximum Gasteiger partial charge on any atom is 0.326 e. The fourth-order valence-electron chi connectivity index (χ4n) is 2.38. The molecule has 0 atom stereocenters. The van der Waals surface area contributed by atoms with Crippen molar-refractivity contribution in [3.8, 4) is 11.5 Å². The summed E-state index contributed by atoms with van der Waals surface area (Å²) in [4.78, 5) is 11.8. The van der Waals surface area contributed by atoms with Crippen molar-refractivity contribution < 1.29 is 27.4 Å². The summed E-state index contributed by atoms with van der Waals surface area (Å²) >= 11 is 0. The Morgan fingerprint density at radius 1 is 1.00 bits per heavy atom. The molecule has 26 heavy (non-hydrogen) atoms. The highest BCUT2D eigenvalue weighted by molar-refractivity contribution is 7.92. The molecule has 0 aromatic heterocycles. The van der Waals surface area contributed by atoms with Gasteiger partial charge in [-0.3, -0.25) is 9.10 Å². The summed E-state index contributed by atoms with van der Waals surface area (Å²) in [5.74, 6) is 0.479. The molecular weight excluding hydrogens is 358 g/mol. The van der Waals surface area contributed by atoms with Gasteiger partial charge >= 0.3 is 5.97 Å². The number of carbonyl (C=O) groups is 1. The van der Waals surface area contributed by atoms with Gasteiger partial charge in [0.25, 0.3) is 10.0 Å². The Hall–Kier alpha value is -2.74.